The van der Waals surface area contributed by atoms with Gasteiger partial charge in [0.1, 0.15) is 5.69 Å². The molecule has 0 aliphatic heterocycles. The molecular weight excluding hydrogens is 422 g/mol. The molecule has 0 spiro atoms. The standard InChI is InChI=1S/C24H25N5O2S/c1-18-22(23(31)29(27(18)2)20-11-7-4-8-12-20)26-21(30)13-16-32-24-25-14-15-28(24)17-19-9-5-3-6-10-19/h3-12,14-15H,13,16-17H2,1-2H3,(H,26,30). The maximum absolute atomic E-state index is 12.9. The summed E-state index contributed by atoms with van der Waals surface area (Å²) < 4.78 is 5.38. The van der Waals surface area contributed by atoms with Crippen molar-refractivity contribution in [1.82, 2.24) is 18.9 Å². The van der Waals surface area contributed by atoms with Crippen LogP contribution < -0.4 is 10.9 Å². The number of thioether (sulfide) groups is 1. The number of hydrogen-bond acceptors (Lipinski definition) is 4. The lowest BCUT2D eigenvalue weighted by Gasteiger charge is -2.08. The van der Waals surface area contributed by atoms with Crippen molar-refractivity contribution in [2.24, 2.45) is 7.05 Å². The quantitative estimate of drug-likeness (QED) is 0.417. The maximum Gasteiger partial charge on any atom is 0.295 e. The molecule has 4 rings (SSSR count). The molecule has 0 fully saturated rings. The summed E-state index contributed by atoms with van der Waals surface area (Å²) in [7, 11) is 1.81. The highest BCUT2D eigenvalue weighted by Crippen LogP contribution is 2.19. The van der Waals surface area contributed by atoms with Crippen LogP contribution >= 0.6 is 11.8 Å². The van der Waals surface area contributed by atoms with Gasteiger partial charge in [-0.3, -0.25) is 14.3 Å². The van der Waals surface area contributed by atoms with E-state index in [1.165, 1.54) is 17.3 Å². The van der Waals surface area contributed by atoms with Gasteiger partial charge in [-0.05, 0) is 24.6 Å². The third-order valence-electron chi connectivity index (χ3n) is 5.25. The number of carbonyl (C=O) groups excluding carboxylic acids is 1. The lowest BCUT2D eigenvalue weighted by molar-refractivity contribution is -0.115. The third-order valence-corrected chi connectivity index (χ3v) is 6.26. The van der Waals surface area contributed by atoms with Crippen molar-refractivity contribution >= 4 is 23.4 Å². The average molecular weight is 448 g/mol. The van der Waals surface area contributed by atoms with Crippen molar-refractivity contribution in [2.45, 2.75) is 25.0 Å². The molecule has 164 valence electrons. The van der Waals surface area contributed by atoms with Gasteiger partial charge in [-0.15, -0.1) is 0 Å². The molecule has 1 amide bonds. The van der Waals surface area contributed by atoms with E-state index in [0.717, 1.165) is 17.4 Å². The van der Waals surface area contributed by atoms with Crippen molar-refractivity contribution in [3.05, 3.63) is 94.7 Å². The minimum absolute atomic E-state index is 0.190. The van der Waals surface area contributed by atoms with E-state index in [2.05, 4.69) is 27.0 Å². The van der Waals surface area contributed by atoms with E-state index in [1.54, 1.807) is 15.6 Å². The van der Waals surface area contributed by atoms with Crippen LogP contribution in [-0.4, -0.2) is 30.6 Å². The minimum Gasteiger partial charge on any atom is -0.322 e. The maximum atomic E-state index is 12.9. The summed E-state index contributed by atoms with van der Waals surface area (Å²) in [4.78, 5) is 29.9. The zero-order valence-corrected chi connectivity index (χ0v) is 18.9. The monoisotopic (exact) mass is 447 g/mol. The van der Waals surface area contributed by atoms with Gasteiger partial charge in [0.25, 0.3) is 5.56 Å². The van der Waals surface area contributed by atoms with Crippen LogP contribution in [0, 0.1) is 6.92 Å². The number of hydrogen-bond donors (Lipinski definition) is 1. The van der Waals surface area contributed by atoms with Crippen LogP contribution in [0.3, 0.4) is 0 Å². The van der Waals surface area contributed by atoms with Gasteiger partial charge in [0.15, 0.2) is 5.16 Å². The van der Waals surface area contributed by atoms with Crippen molar-refractivity contribution in [1.29, 1.82) is 0 Å². The normalized spacial score (nSPS) is 10.9. The molecule has 0 radical (unpaired) electrons. The molecule has 0 unspecified atom stereocenters. The first kappa shape index (κ1) is 21.7. The molecule has 0 aliphatic carbocycles. The van der Waals surface area contributed by atoms with Gasteiger partial charge in [0.05, 0.1) is 11.4 Å². The van der Waals surface area contributed by atoms with Crippen molar-refractivity contribution in [3.8, 4) is 5.69 Å². The van der Waals surface area contributed by atoms with Crippen molar-refractivity contribution in [3.63, 3.8) is 0 Å². The Morgan fingerprint density at radius 3 is 2.47 bits per heavy atom. The topological polar surface area (TPSA) is 73.8 Å². The molecule has 2 heterocycles. The van der Waals surface area contributed by atoms with Gasteiger partial charge in [-0.2, -0.15) is 0 Å². The van der Waals surface area contributed by atoms with Gasteiger partial charge in [0.2, 0.25) is 5.91 Å². The largest absolute Gasteiger partial charge is 0.322 e. The Balaban J connectivity index is 1.38. The van der Waals surface area contributed by atoms with E-state index in [0.29, 0.717) is 17.1 Å². The predicted octanol–water partition coefficient (Wildman–Crippen LogP) is 3.85. The van der Waals surface area contributed by atoms with Crippen molar-refractivity contribution in [2.75, 3.05) is 11.1 Å². The van der Waals surface area contributed by atoms with E-state index in [4.69, 9.17) is 0 Å². The van der Waals surface area contributed by atoms with E-state index in [-0.39, 0.29) is 17.9 Å². The fourth-order valence-corrected chi connectivity index (χ4v) is 4.38. The van der Waals surface area contributed by atoms with Crippen LogP contribution in [0.15, 0.2) is 83.0 Å². The fraction of sp³-hybridized carbons (Fsp3) is 0.208. The van der Waals surface area contributed by atoms with E-state index in [9.17, 15) is 9.59 Å². The number of carbonyl (C=O) groups is 1. The minimum atomic E-state index is -0.240. The number of anilines is 1. The molecule has 4 aromatic rings. The molecule has 7 nitrogen and oxygen atoms in total. The molecular formula is C24H25N5O2S. The smallest absolute Gasteiger partial charge is 0.295 e. The summed E-state index contributed by atoms with van der Waals surface area (Å²) in [5.74, 6) is 0.376. The second-order valence-corrected chi connectivity index (χ2v) is 8.47. The van der Waals surface area contributed by atoms with Crippen LogP contribution in [0.2, 0.25) is 0 Å². The molecule has 0 bridgehead atoms. The molecule has 0 aliphatic rings. The number of amides is 1. The molecule has 8 heteroatoms. The molecule has 32 heavy (non-hydrogen) atoms. The lowest BCUT2D eigenvalue weighted by atomic mass is 10.2. The molecule has 0 saturated carbocycles. The van der Waals surface area contributed by atoms with Crippen LogP contribution in [0.5, 0.6) is 0 Å². The first-order valence-electron chi connectivity index (χ1n) is 10.4. The number of aromatic nitrogens is 4. The second-order valence-electron chi connectivity index (χ2n) is 7.41. The summed E-state index contributed by atoms with van der Waals surface area (Å²) in [5.41, 5.74) is 2.73. The fourth-order valence-electron chi connectivity index (χ4n) is 3.49. The zero-order chi connectivity index (χ0) is 22.5. The summed E-state index contributed by atoms with van der Waals surface area (Å²) in [6, 6.07) is 19.6. The highest BCUT2D eigenvalue weighted by Gasteiger charge is 2.18. The van der Waals surface area contributed by atoms with E-state index >= 15 is 0 Å². The van der Waals surface area contributed by atoms with Gasteiger partial charge < -0.3 is 9.88 Å². The summed E-state index contributed by atoms with van der Waals surface area (Å²) >= 11 is 1.53. The number of benzene rings is 2. The van der Waals surface area contributed by atoms with Crippen LogP contribution in [0.1, 0.15) is 17.7 Å². The molecule has 0 saturated heterocycles. The Morgan fingerprint density at radius 1 is 1.06 bits per heavy atom. The van der Waals surface area contributed by atoms with Gasteiger partial charge in [0, 0.05) is 38.2 Å². The number of para-hydroxylation sites is 1. The summed E-state index contributed by atoms with van der Waals surface area (Å²) in [6.07, 6.45) is 3.99. The molecule has 2 aromatic heterocycles. The first-order valence-corrected chi connectivity index (χ1v) is 11.3. The first-order chi connectivity index (χ1) is 15.5. The highest BCUT2D eigenvalue weighted by atomic mass is 32.2. The Hall–Kier alpha value is -3.52. The Labute approximate surface area is 190 Å². The zero-order valence-electron chi connectivity index (χ0n) is 18.1. The third kappa shape index (κ3) is 4.70. The SMILES string of the molecule is Cc1c(NC(=O)CCSc2nccn2Cc2ccccc2)c(=O)n(-c2ccccc2)n1C. The Kier molecular flexibility index (Phi) is 6.61. The second kappa shape index (κ2) is 9.74. The van der Waals surface area contributed by atoms with Gasteiger partial charge >= 0.3 is 0 Å². The predicted molar refractivity (Wildman–Crippen MR) is 127 cm³/mol. The van der Waals surface area contributed by atoms with E-state index < -0.39 is 0 Å². The molecule has 1 N–H and O–H groups in total. The molecule has 0 atom stereocenters. The van der Waals surface area contributed by atoms with Gasteiger partial charge in [-0.25, -0.2) is 9.67 Å². The van der Waals surface area contributed by atoms with Crippen LogP contribution in [0.25, 0.3) is 5.69 Å². The van der Waals surface area contributed by atoms with Crippen LogP contribution in [-0.2, 0) is 18.4 Å². The van der Waals surface area contributed by atoms with Gasteiger partial charge in [-0.1, -0.05) is 60.3 Å². The number of rotatable bonds is 8. The summed E-state index contributed by atoms with van der Waals surface area (Å²) in [5, 5.41) is 3.68. The Morgan fingerprint density at radius 2 is 1.75 bits per heavy atom. The van der Waals surface area contributed by atoms with Crippen molar-refractivity contribution < 1.29 is 4.79 Å². The highest BCUT2D eigenvalue weighted by molar-refractivity contribution is 7.99. The summed E-state index contributed by atoms with van der Waals surface area (Å²) in [6.45, 7) is 2.56. The number of imidazole rings is 1. The lowest BCUT2D eigenvalue weighted by Crippen LogP contribution is -2.23. The molecule has 2 aromatic carbocycles. The van der Waals surface area contributed by atoms with E-state index in [1.807, 2.05) is 68.7 Å². The number of nitrogens with one attached hydrogen (secondary N) is 1. The average Bonchev–Trinajstić information content (AvgIpc) is 3.32. The number of nitrogens with zero attached hydrogens (tertiary/aromatic N) is 4. The Bertz CT molecular complexity index is 1260. The van der Waals surface area contributed by atoms with Crippen LogP contribution in [0.4, 0.5) is 5.69 Å².